The minimum atomic E-state index is -0.318. The molecule has 6 heteroatoms. The van der Waals surface area contributed by atoms with E-state index >= 15 is 0 Å². The van der Waals surface area contributed by atoms with E-state index in [0.29, 0.717) is 0 Å². The Morgan fingerprint density at radius 1 is 1.09 bits per heavy atom. The van der Waals surface area contributed by atoms with E-state index in [-0.39, 0.29) is 18.3 Å². The molecule has 4 rings (SSSR count). The van der Waals surface area contributed by atoms with Gasteiger partial charge in [-0.15, -0.1) is 0 Å². The van der Waals surface area contributed by atoms with Crippen LogP contribution in [0.15, 0.2) is 18.2 Å². The molecule has 0 N–H and O–H groups in total. The fourth-order valence-corrected chi connectivity index (χ4v) is 3.28. The fraction of sp³-hybridized carbons (Fsp3) is 0.588. The summed E-state index contributed by atoms with van der Waals surface area (Å²) >= 11 is 0. The van der Waals surface area contributed by atoms with Gasteiger partial charge < -0.3 is 9.31 Å². The zero-order valence-electron chi connectivity index (χ0n) is 14.6. The van der Waals surface area contributed by atoms with Gasteiger partial charge in [-0.1, -0.05) is 12.1 Å². The maximum atomic E-state index is 6.18. The van der Waals surface area contributed by atoms with Gasteiger partial charge in [-0.25, -0.2) is 0 Å². The Balaban J connectivity index is 1.74. The van der Waals surface area contributed by atoms with Gasteiger partial charge >= 0.3 is 7.12 Å². The van der Waals surface area contributed by atoms with Crippen molar-refractivity contribution in [1.82, 2.24) is 14.7 Å². The molecular formula is C17H24BN3O2. The SMILES string of the molecule is CN1CCn2nc3ccc(B4OC(C)(C)C(C)(C)O4)cc3c2C1. The highest BCUT2D eigenvalue weighted by Crippen LogP contribution is 2.36. The zero-order chi connectivity index (χ0) is 16.4. The van der Waals surface area contributed by atoms with E-state index in [0.717, 1.165) is 30.6 Å². The Bertz CT molecular complexity index is 753. The lowest BCUT2D eigenvalue weighted by Gasteiger charge is -2.32. The summed E-state index contributed by atoms with van der Waals surface area (Å²) in [6.45, 7) is 11.3. The molecule has 2 aromatic rings. The van der Waals surface area contributed by atoms with E-state index < -0.39 is 0 Å². The van der Waals surface area contributed by atoms with Crippen molar-refractivity contribution < 1.29 is 9.31 Å². The summed E-state index contributed by atoms with van der Waals surface area (Å²) in [5, 5.41) is 5.93. The molecule has 23 heavy (non-hydrogen) atoms. The van der Waals surface area contributed by atoms with Crippen LogP contribution < -0.4 is 5.46 Å². The summed E-state index contributed by atoms with van der Waals surface area (Å²) < 4.78 is 14.5. The first-order valence-corrected chi connectivity index (χ1v) is 8.30. The number of hydrogen-bond acceptors (Lipinski definition) is 4. The summed E-state index contributed by atoms with van der Waals surface area (Å²) in [5.41, 5.74) is 2.78. The van der Waals surface area contributed by atoms with Crippen molar-refractivity contribution in [2.45, 2.75) is 52.0 Å². The van der Waals surface area contributed by atoms with E-state index in [2.05, 4.69) is 62.5 Å². The largest absolute Gasteiger partial charge is 0.494 e. The Morgan fingerprint density at radius 2 is 1.78 bits per heavy atom. The van der Waals surface area contributed by atoms with Gasteiger partial charge in [0.25, 0.3) is 0 Å². The first kappa shape index (κ1) is 15.2. The number of nitrogens with zero attached hydrogens (tertiary/aromatic N) is 3. The van der Waals surface area contributed by atoms with Crippen molar-refractivity contribution in [3.05, 3.63) is 23.9 Å². The van der Waals surface area contributed by atoms with Crippen LogP contribution >= 0.6 is 0 Å². The maximum Gasteiger partial charge on any atom is 0.494 e. The molecule has 2 aliphatic rings. The highest BCUT2D eigenvalue weighted by Gasteiger charge is 2.51. The Labute approximate surface area is 137 Å². The first-order chi connectivity index (χ1) is 10.8. The molecule has 1 aromatic carbocycles. The minimum Gasteiger partial charge on any atom is -0.399 e. The second kappa shape index (κ2) is 4.82. The molecule has 1 fully saturated rings. The molecule has 1 aromatic heterocycles. The topological polar surface area (TPSA) is 39.5 Å². The van der Waals surface area contributed by atoms with Crippen molar-refractivity contribution in [1.29, 1.82) is 0 Å². The number of likely N-dealkylation sites (N-methyl/N-ethyl adjacent to an activating group) is 1. The predicted molar refractivity (Wildman–Crippen MR) is 91.8 cm³/mol. The van der Waals surface area contributed by atoms with Gasteiger partial charge in [0.05, 0.1) is 29.0 Å². The summed E-state index contributed by atoms with van der Waals surface area (Å²) in [6, 6.07) is 6.35. The smallest absolute Gasteiger partial charge is 0.399 e. The average Bonchev–Trinajstić information content (AvgIpc) is 2.93. The molecule has 3 heterocycles. The second-order valence-electron chi connectivity index (χ2n) is 7.77. The number of aromatic nitrogens is 2. The van der Waals surface area contributed by atoms with E-state index in [1.54, 1.807) is 0 Å². The molecule has 0 aliphatic carbocycles. The van der Waals surface area contributed by atoms with Crippen LogP contribution in [0.5, 0.6) is 0 Å². The molecule has 0 atom stereocenters. The molecule has 5 nitrogen and oxygen atoms in total. The lowest BCUT2D eigenvalue weighted by Crippen LogP contribution is -2.41. The third-order valence-electron chi connectivity index (χ3n) is 5.51. The summed E-state index contributed by atoms with van der Waals surface area (Å²) in [6.07, 6.45) is 0. The van der Waals surface area contributed by atoms with E-state index in [4.69, 9.17) is 14.4 Å². The quantitative estimate of drug-likeness (QED) is 0.753. The third kappa shape index (κ3) is 2.32. The summed E-state index contributed by atoms with van der Waals surface area (Å²) in [7, 11) is 1.83. The van der Waals surface area contributed by atoms with Crippen LogP contribution in [-0.4, -0.2) is 46.6 Å². The Kier molecular flexibility index (Phi) is 3.18. The third-order valence-corrected chi connectivity index (χ3v) is 5.51. The van der Waals surface area contributed by atoms with Crippen LogP contribution in [-0.2, 0) is 22.4 Å². The Hall–Kier alpha value is -1.37. The molecule has 0 radical (unpaired) electrons. The molecule has 1 saturated heterocycles. The van der Waals surface area contributed by atoms with Crippen molar-refractivity contribution in [3.8, 4) is 0 Å². The monoisotopic (exact) mass is 313 g/mol. The van der Waals surface area contributed by atoms with Crippen LogP contribution in [0, 0.1) is 0 Å². The van der Waals surface area contributed by atoms with Gasteiger partial charge in [-0.2, -0.15) is 5.10 Å². The number of rotatable bonds is 1. The van der Waals surface area contributed by atoms with Crippen molar-refractivity contribution in [2.24, 2.45) is 0 Å². The van der Waals surface area contributed by atoms with Gasteiger partial charge in [-0.05, 0) is 46.3 Å². The molecule has 0 unspecified atom stereocenters. The van der Waals surface area contributed by atoms with Crippen LogP contribution in [0.1, 0.15) is 33.4 Å². The van der Waals surface area contributed by atoms with Gasteiger partial charge in [0, 0.05) is 18.5 Å². The summed E-state index contributed by atoms with van der Waals surface area (Å²) in [5.74, 6) is 0. The number of fused-ring (bicyclic) bond motifs is 3. The average molecular weight is 313 g/mol. The summed E-state index contributed by atoms with van der Waals surface area (Å²) in [4.78, 5) is 2.33. The van der Waals surface area contributed by atoms with E-state index in [1.165, 1.54) is 11.1 Å². The van der Waals surface area contributed by atoms with Crippen LogP contribution in [0.3, 0.4) is 0 Å². The maximum absolute atomic E-state index is 6.18. The standard InChI is InChI=1S/C17H24BN3O2/c1-16(2)17(3,4)23-18(22-16)12-6-7-14-13(10-12)15-11-20(5)8-9-21(15)19-14/h6-7,10H,8-9,11H2,1-5H3. The van der Waals surface area contributed by atoms with Crippen molar-refractivity contribution in [2.75, 3.05) is 13.6 Å². The van der Waals surface area contributed by atoms with Gasteiger partial charge in [0.15, 0.2) is 0 Å². The molecule has 0 saturated carbocycles. The molecule has 2 aliphatic heterocycles. The number of hydrogen-bond donors (Lipinski definition) is 0. The van der Waals surface area contributed by atoms with Gasteiger partial charge in [0.1, 0.15) is 0 Å². The van der Waals surface area contributed by atoms with Crippen LogP contribution in [0.2, 0.25) is 0 Å². The normalized spacial score (nSPS) is 23.4. The first-order valence-electron chi connectivity index (χ1n) is 8.30. The molecule has 122 valence electrons. The fourth-order valence-electron chi connectivity index (χ4n) is 3.28. The predicted octanol–water partition coefficient (Wildman–Crippen LogP) is 1.78. The molecule has 0 bridgehead atoms. The lowest BCUT2D eigenvalue weighted by atomic mass is 9.78. The van der Waals surface area contributed by atoms with E-state index in [1.807, 2.05) is 0 Å². The minimum absolute atomic E-state index is 0.314. The second-order valence-corrected chi connectivity index (χ2v) is 7.77. The lowest BCUT2D eigenvalue weighted by molar-refractivity contribution is 0.00578. The highest BCUT2D eigenvalue weighted by molar-refractivity contribution is 6.62. The van der Waals surface area contributed by atoms with Crippen molar-refractivity contribution in [3.63, 3.8) is 0 Å². The zero-order valence-corrected chi connectivity index (χ0v) is 14.6. The van der Waals surface area contributed by atoms with Crippen LogP contribution in [0.4, 0.5) is 0 Å². The van der Waals surface area contributed by atoms with Gasteiger partial charge in [0.2, 0.25) is 0 Å². The number of benzene rings is 1. The van der Waals surface area contributed by atoms with Crippen LogP contribution in [0.25, 0.3) is 10.9 Å². The highest BCUT2D eigenvalue weighted by atomic mass is 16.7. The Morgan fingerprint density at radius 3 is 2.48 bits per heavy atom. The molecular weight excluding hydrogens is 289 g/mol. The molecule has 0 spiro atoms. The molecule has 0 amide bonds. The van der Waals surface area contributed by atoms with Crippen molar-refractivity contribution >= 4 is 23.5 Å². The van der Waals surface area contributed by atoms with E-state index in [9.17, 15) is 0 Å². The van der Waals surface area contributed by atoms with Gasteiger partial charge in [-0.3, -0.25) is 9.58 Å².